The summed E-state index contributed by atoms with van der Waals surface area (Å²) in [5.74, 6) is 0.308. The fourth-order valence-corrected chi connectivity index (χ4v) is 5.60. The molecule has 0 spiro atoms. The number of aromatic amines is 1. The molecular weight excluding hydrogens is 414 g/mol. The van der Waals surface area contributed by atoms with E-state index >= 15 is 0 Å². The summed E-state index contributed by atoms with van der Waals surface area (Å²) in [5, 5.41) is 3.51. The van der Waals surface area contributed by atoms with Crippen LogP contribution in [0.4, 0.5) is 11.4 Å². The molecule has 7 nitrogen and oxygen atoms in total. The molecule has 2 saturated carbocycles. The molecule has 7 heteroatoms. The molecule has 174 valence electrons. The number of H-pyrrole nitrogens is 1. The Balaban J connectivity index is 1.39. The Hall–Kier alpha value is -3.09. The van der Waals surface area contributed by atoms with Gasteiger partial charge in [-0.3, -0.25) is 9.59 Å². The second-order valence-electron chi connectivity index (χ2n) is 9.64. The zero-order valence-electron chi connectivity index (χ0n) is 19.1. The van der Waals surface area contributed by atoms with E-state index in [4.69, 9.17) is 5.73 Å². The highest BCUT2D eigenvalue weighted by molar-refractivity contribution is 6.04. The number of carbonyl (C=O) groups excluding carboxylic acids is 1. The third-order valence-electron chi connectivity index (χ3n) is 7.37. The number of aromatic nitrogens is 1. The maximum Gasteiger partial charge on any atom is 0.261 e. The van der Waals surface area contributed by atoms with Crippen LogP contribution in [0.25, 0.3) is 0 Å². The van der Waals surface area contributed by atoms with Crippen molar-refractivity contribution < 1.29 is 4.79 Å². The van der Waals surface area contributed by atoms with Crippen molar-refractivity contribution >= 4 is 23.1 Å². The predicted molar refractivity (Wildman–Crippen MR) is 131 cm³/mol. The van der Waals surface area contributed by atoms with Crippen molar-refractivity contribution in [3.63, 3.8) is 0 Å². The van der Waals surface area contributed by atoms with E-state index in [-0.39, 0.29) is 17.3 Å². The van der Waals surface area contributed by atoms with Crippen LogP contribution in [0.3, 0.4) is 0 Å². The molecule has 0 atom stereocenters. The lowest BCUT2D eigenvalue weighted by Gasteiger charge is -2.30. The topological polar surface area (TPSA) is 104 Å². The maximum atomic E-state index is 12.9. The largest absolute Gasteiger partial charge is 0.383 e. The van der Waals surface area contributed by atoms with Crippen LogP contribution in [0.15, 0.2) is 40.2 Å². The molecule has 1 amide bonds. The van der Waals surface area contributed by atoms with Crippen LogP contribution < -0.4 is 16.6 Å². The van der Waals surface area contributed by atoms with Gasteiger partial charge in [0.1, 0.15) is 11.4 Å². The number of pyridine rings is 1. The Bertz CT molecular complexity index is 1110. The number of amidine groups is 1. The Morgan fingerprint density at radius 2 is 1.73 bits per heavy atom. The lowest BCUT2D eigenvalue weighted by molar-refractivity contribution is 0.0660. The Labute approximate surface area is 194 Å². The van der Waals surface area contributed by atoms with Gasteiger partial charge in [-0.25, -0.2) is 4.99 Å². The Kier molecular flexibility index (Phi) is 6.20. The molecule has 2 aromatic rings. The normalized spacial score (nSPS) is 20.2. The molecule has 5 rings (SSSR count). The average Bonchev–Trinajstić information content (AvgIpc) is 3.16. The number of nitrogens with two attached hydrogens (primary N) is 1. The molecule has 1 aromatic carbocycles. The van der Waals surface area contributed by atoms with Crippen LogP contribution in [-0.4, -0.2) is 33.7 Å². The van der Waals surface area contributed by atoms with Gasteiger partial charge in [-0.2, -0.15) is 0 Å². The summed E-state index contributed by atoms with van der Waals surface area (Å²) in [4.78, 5) is 34.9. The number of amides is 1. The molecule has 2 fully saturated rings. The molecule has 1 aliphatic heterocycles. The molecule has 0 unspecified atom stereocenters. The molecule has 1 aromatic heterocycles. The summed E-state index contributed by atoms with van der Waals surface area (Å²) in [5.41, 5.74) is 9.63. The molecule has 0 saturated heterocycles. The second-order valence-corrected chi connectivity index (χ2v) is 9.64. The van der Waals surface area contributed by atoms with E-state index in [2.05, 4.69) is 15.3 Å². The molecule has 33 heavy (non-hydrogen) atoms. The maximum absolute atomic E-state index is 12.9. The van der Waals surface area contributed by atoms with Crippen molar-refractivity contribution in [2.24, 2.45) is 10.7 Å². The fourth-order valence-electron chi connectivity index (χ4n) is 5.60. The molecule has 3 aliphatic rings. The number of hydrogen-bond donors (Lipinski definition) is 3. The van der Waals surface area contributed by atoms with Crippen LogP contribution >= 0.6 is 0 Å². The first kappa shape index (κ1) is 21.7. The highest BCUT2D eigenvalue weighted by Gasteiger charge is 2.33. The number of rotatable bonds is 5. The van der Waals surface area contributed by atoms with E-state index in [9.17, 15) is 9.59 Å². The van der Waals surface area contributed by atoms with Crippen LogP contribution in [0, 0.1) is 0 Å². The van der Waals surface area contributed by atoms with Gasteiger partial charge >= 0.3 is 0 Å². The lowest BCUT2D eigenvalue weighted by atomic mass is 9.94. The molecule has 2 aliphatic carbocycles. The van der Waals surface area contributed by atoms with Gasteiger partial charge in [-0.15, -0.1) is 0 Å². The number of benzene rings is 1. The smallest absolute Gasteiger partial charge is 0.261 e. The summed E-state index contributed by atoms with van der Waals surface area (Å²) in [6.45, 7) is 0.627. The second kappa shape index (κ2) is 9.41. The molecular formula is C26H33N5O2. The number of aliphatic imine (C=N–C) groups is 1. The number of fused-ring (bicyclic) bond motifs is 1. The highest BCUT2D eigenvalue weighted by atomic mass is 16.2. The average molecular weight is 448 g/mol. The predicted octanol–water partition coefficient (Wildman–Crippen LogP) is 4.45. The monoisotopic (exact) mass is 447 g/mol. The minimum absolute atomic E-state index is 0.124. The Morgan fingerprint density at radius 1 is 1.00 bits per heavy atom. The van der Waals surface area contributed by atoms with Crippen molar-refractivity contribution in [2.45, 2.75) is 82.8 Å². The molecule has 4 N–H and O–H groups in total. The van der Waals surface area contributed by atoms with Crippen LogP contribution in [-0.2, 0) is 6.54 Å². The van der Waals surface area contributed by atoms with E-state index in [0.717, 1.165) is 42.5 Å². The van der Waals surface area contributed by atoms with Gasteiger partial charge in [0.2, 0.25) is 0 Å². The van der Waals surface area contributed by atoms with Crippen molar-refractivity contribution in [1.29, 1.82) is 0 Å². The van der Waals surface area contributed by atoms with E-state index in [0.29, 0.717) is 29.9 Å². The summed E-state index contributed by atoms with van der Waals surface area (Å²) in [7, 11) is 0. The zero-order valence-corrected chi connectivity index (χ0v) is 19.1. The molecule has 2 heterocycles. The van der Waals surface area contributed by atoms with Gasteiger partial charge in [-0.1, -0.05) is 38.5 Å². The van der Waals surface area contributed by atoms with Gasteiger partial charge < -0.3 is 20.9 Å². The fraction of sp³-hybridized carbons (Fsp3) is 0.500. The van der Waals surface area contributed by atoms with Crippen molar-refractivity contribution in [3.8, 4) is 0 Å². The third-order valence-corrected chi connectivity index (χ3v) is 7.37. The van der Waals surface area contributed by atoms with E-state index in [1.807, 2.05) is 29.2 Å². The number of anilines is 1. The van der Waals surface area contributed by atoms with Gasteiger partial charge in [0.25, 0.3) is 11.5 Å². The van der Waals surface area contributed by atoms with Crippen LogP contribution in [0.5, 0.6) is 0 Å². The summed E-state index contributed by atoms with van der Waals surface area (Å²) in [6, 6.07) is 8.16. The van der Waals surface area contributed by atoms with Crippen molar-refractivity contribution in [3.05, 3.63) is 57.5 Å². The van der Waals surface area contributed by atoms with E-state index < -0.39 is 0 Å². The van der Waals surface area contributed by atoms with E-state index in [1.54, 1.807) is 6.20 Å². The van der Waals surface area contributed by atoms with Gasteiger partial charge in [0.15, 0.2) is 0 Å². The lowest BCUT2D eigenvalue weighted by Crippen LogP contribution is -2.36. The number of nitrogens with zero attached hydrogens (tertiary/aromatic N) is 2. The highest BCUT2D eigenvalue weighted by Crippen LogP contribution is 2.33. The Morgan fingerprint density at radius 3 is 2.48 bits per heavy atom. The number of carbonyl (C=O) groups is 1. The van der Waals surface area contributed by atoms with Gasteiger partial charge in [0, 0.05) is 30.4 Å². The first-order valence-electron chi connectivity index (χ1n) is 12.4. The minimum atomic E-state index is -0.253. The third kappa shape index (κ3) is 4.54. The minimum Gasteiger partial charge on any atom is -0.383 e. The molecule has 0 bridgehead atoms. The van der Waals surface area contributed by atoms with Gasteiger partial charge in [-0.05, 0) is 55.5 Å². The summed E-state index contributed by atoms with van der Waals surface area (Å²) < 4.78 is 0. The summed E-state index contributed by atoms with van der Waals surface area (Å²) in [6.07, 6.45) is 13.3. The zero-order chi connectivity index (χ0) is 22.8. The molecule has 0 radical (unpaired) electrons. The van der Waals surface area contributed by atoms with E-state index in [1.165, 1.54) is 38.5 Å². The van der Waals surface area contributed by atoms with Crippen molar-refractivity contribution in [2.75, 3.05) is 5.32 Å². The SMILES string of the molecule is NC(=Nc1ccc2c(c1)CN(C1CCCCC1)C2=O)c1c(NC2CCCCC2)cc[nH]c1=O. The van der Waals surface area contributed by atoms with Crippen LogP contribution in [0.2, 0.25) is 0 Å². The standard InChI is InChI=1S/C26H33N5O2/c27-24(23-22(13-14-28-25(23)32)29-18-7-3-1-4-8-18)30-19-11-12-21-17(15-19)16-31(26(21)33)20-9-5-2-6-10-20/h11-15,18,20H,1-10,16H2,(H2,27,30)(H2,28,29,32). The quantitative estimate of drug-likeness (QED) is 0.465. The van der Waals surface area contributed by atoms with Gasteiger partial charge in [0.05, 0.1) is 11.4 Å². The van der Waals surface area contributed by atoms with Crippen LogP contribution in [0.1, 0.15) is 85.7 Å². The van der Waals surface area contributed by atoms with Crippen molar-refractivity contribution in [1.82, 2.24) is 9.88 Å². The first-order valence-corrected chi connectivity index (χ1v) is 12.4. The number of nitrogens with one attached hydrogen (secondary N) is 2. The first-order chi connectivity index (χ1) is 16.1. The number of hydrogen-bond acceptors (Lipinski definition) is 4. The summed E-state index contributed by atoms with van der Waals surface area (Å²) >= 11 is 0.